The standard InChI is InChI=1S/C18H23F3N6O.2ClH/c1-2-7-23-14-4-3-12(18(19,20)21)10-15(14)24-17(28)16-11-27(26-25-16)13-5-8-22-9-6-13;;/h3-4,10-11,13,22-23H,2,5-9H2,1H3,(H,24,28);2*1H. The van der Waals surface area contributed by atoms with Crippen LogP contribution in [-0.4, -0.2) is 40.5 Å². The topological polar surface area (TPSA) is 83.9 Å². The van der Waals surface area contributed by atoms with Crippen LogP contribution < -0.4 is 16.0 Å². The number of nitrogens with one attached hydrogen (secondary N) is 3. The zero-order valence-electron chi connectivity index (χ0n) is 16.3. The van der Waals surface area contributed by atoms with Crippen molar-refractivity contribution in [1.29, 1.82) is 0 Å². The van der Waals surface area contributed by atoms with Gasteiger partial charge in [-0.1, -0.05) is 12.1 Å². The van der Waals surface area contributed by atoms with Crippen molar-refractivity contribution in [1.82, 2.24) is 20.3 Å². The summed E-state index contributed by atoms with van der Waals surface area (Å²) in [7, 11) is 0. The normalized spacial score (nSPS) is 14.4. The van der Waals surface area contributed by atoms with E-state index in [0.29, 0.717) is 12.2 Å². The SMILES string of the molecule is CCCNc1ccc(C(F)(F)F)cc1NC(=O)c1cn(C2CCNCC2)nn1.Cl.Cl. The molecule has 12 heteroatoms. The van der Waals surface area contributed by atoms with E-state index in [-0.39, 0.29) is 42.2 Å². The zero-order valence-corrected chi connectivity index (χ0v) is 18.0. The van der Waals surface area contributed by atoms with Gasteiger partial charge >= 0.3 is 6.18 Å². The number of carbonyl (C=O) groups excluding carboxylic acids is 1. The molecule has 0 aliphatic carbocycles. The van der Waals surface area contributed by atoms with Crippen LogP contribution in [0.25, 0.3) is 0 Å². The highest BCUT2D eigenvalue weighted by Crippen LogP contribution is 2.34. The van der Waals surface area contributed by atoms with Gasteiger partial charge in [0.1, 0.15) is 0 Å². The second-order valence-corrected chi connectivity index (χ2v) is 6.70. The summed E-state index contributed by atoms with van der Waals surface area (Å²) in [6, 6.07) is 3.39. The molecule has 1 aromatic heterocycles. The predicted octanol–water partition coefficient (Wildman–Crippen LogP) is 4.14. The van der Waals surface area contributed by atoms with Gasteiger partial charge in [0.2, 0.25) is 0 Å². The number of halogens is 5. The molecule has 0 unspecified atom stereocenters. The minimum Gasteiger partial charge on any atom is -0.383 e. The molecule has 30 heavy (non-hydrogen) atoms. The summed E-state index contributed by atoms with van der Waals surface area (Å²) < 4.78 is 40.8. The fraction of sp³-hybridized carbons (Fsp3) is 0.500. The van der Waals surface area contributed by atoms with Crippen LogP contribution in [0.2, 0.25) is 0 Å². The Hall–Kier alpha value is -2.04. The summed E-state index contributed by atoms with van der Waals surface area (Å²) in [4.78, 5) is 12.5. The quantitative estimate of drug-likeness (QED) is 0.593. The first-order chi connectivity index (χ1) is 13.4. The van der Waals surface area contributed by atoms with Gasteiger partial charge in [-0.25, -0.2) is 4.68 Å². The van der Waals surface area contributed by atoms with Crippen LogP contribution in [0.15, 0.2) is 24.4 Å². The van der Waals surface area contributed by atoms with Gasteiger partial charge in [-0.2, -0.15) is 13.2 Å². The molecule has 1 fully saturated rings. The molecule has 0 radical (unpaired) electrons. The van der Waals surface area contributed by atoms with Crippen molar-refractivity contribution in [2.45, 2.75) is 38.4 Å². The maximum atomic E-state index is 13.1. The minimum atomic E-state index is -4.50. The van der Waals surface area contributed by atoms with Gasteiger partial charge in [-0.05, 0) is 50.6 Å². The lowest BCUT2D eigenvalue weighted by molar-refractivity contribution is -0.137. The van der Waals surface area contributed by atoms with E-state index in [0.717, 1.165) is 44.5 Å². The van der Waals surface area contributed by atoms with Crippen molar-refractivity contribution < 1.29 is 18.0 Å². The lowest BCUT2D eigenvalue weighted by atomic mass is 10.1. The molecule has 1 saturated heterocycles. The molecule has 2 heterocycles. The molecule has 3 rings (SSSR count). The fourth-order valence-electron chi connectivity index (χ4n) is 3.05. The largest absolute Gasteiger partial charge is 0.416 e. The zero-order chi connectivity index (χ0) is 20.1. The molecule has 1 aliphatic rings. The first-order valence-corrected chi connectivity index (χ1v) is 9.27. The van der Waals surface area contributed by atoms with Gasteiger partial charge in [0.25, 0.3) is 5.91 Å². The van der Waals surface area contributed by atoms with Gasteiger partial charge in [0.05, 0.1) is 29.2 Å². The molecule has 1 aliphatic heterocycles. The molecule has 0 spiro atoms. The molecule has 2 aromatic rings. The summed E-state index contributed by atoms with van der Waals surface area (Å²) in [5, 5.41) is 16.7. The van der Waals surface area contributed by atoms with Gasteiger partial charge < -0.3 is 16.0 Å². The number of nitrogens with zero attached hydrogens (tertiary/aromatic N) is 3. The summed E-state index contributed by atoms with van der Waals surface area (Å²) in [5.41, 5.74) is -0.278. The van der Waals surface area contributed by atoms with Crippen molar-refractivity contribution in [2.75, 3.05) is 30.3 Å². The molecule has 0 saturated carbocycles. The van der Waals surface area contributed by atoms with Crippen LogP contribution in [-0.2, 0) is 6.18 Å². The second-order valence-electron chi connectivity index (χ2n) is 6.70. The number of aromatic nitrogens is 3. The fourth-order valence-corrected chi connectivity index (χ4v) is 3.05. The van der Waals surface area contributed by atoms with E-state index in [1.807, 2.05) is 6.92 Å². The molecule has 0 atom stereocenters. The van der Waals surface area contributed by atoms with Crippen LogP contribution in [0.3, 0.4) is 0 Å². The number of amides is 1. The van der Waals surface area contributed by atoms with Gasteiger partial charge in [0, 0.05) is 6.54 Å². The van der Waals surface area contributed by atoms with Crippen molar-refractivity contribution >= 4 is 42.1 Å². The van der Waals surface area contributed by atoms with E-state index in [2.05, 4.69) is 26.3 Å². The molecule has 7 nitrogen and oxygen atoms in total. The van der Waals surface area contributed by atoms with E-state index in [4.69, 9.17) is 0 Å². The first kappa shape index (κ1) is 26.0. The van der Waals surface area contributed by atoms with Crippen LogP contribution >= 0.6 is 24.8 Å². The highest BCUT2D eigenvalue weighted by molar-refractivity contribution is 6.04. The predicted molar refractivity (Wildman–Crippen MR) is 114 cm³/mol. The molecule has 3 N–H and O–H groups in total. The van der Waals surface area contributed by atoms with Crippen LogP contribution in [0.4, 0.5) is 24.5 Å². The first-order valence-electron chi connectivity index (χ1n) is 9.27. The van der Waals surface area contributed by atoms with E-state index in [9.17, 15) is 18.0 Å². The van der Waals surface area contributed by atoms with Gasteiger partial charge in [0.15, 0.2) is 5.69 Å². The third-order valence-corrected chi connectivity index (χ3v) is 4.59. The summed E-state index contributed by atoms with van der Waals surface area (Å²) >= 11 is 0. The molecule has 1 aromatic carbocycles. The van der Waals surface area contributed by atoms with E-state index in [1.54, 1.807) is 4.68 Å². The van der Waals surface area contributed by atoms with E-state index in [1.165, 1.54) is 12.3 Å². The van der Waals surface area contributed by atoms with Crippen molar-refractivity contribution in [3.63, 3.8) is 0 Å². The lowest BCUT2D eigenvalue weighted by Crippen LogP contribution is -2.29. The maximum absolute atomic E-state index is 13.1. The number of carbonyl (C=O) groups is 1. The Morgan fingerprint density at radius 2 is 1.93 bits per heavy atom. The number of hydrogen-bond donors (Lipinski definition) is 3. The van der Waals surface area contributed by atoms with Crippen molar-refractivity contribution in [2.24, 2.45) is 0 Å². The van der Waals surface area contributed by atoms with Crippen molar-refractivity contribution in [3.8, 4) is 0 Å². The average molecular weight is 469 g/mol. The third kappa shape index (κ3) is 6.48. The minimum absolute atomic E-state index is 0. The second kappa shape index (κ2) is 11.4. The monoisotopic (exact) mass is 468 g/mol. The highest BCUT2D eigenvalue weighted by atomic mass is 35.5. The van der Waals surface area contributed by atoms with E-state index < -0.39 is 17.6 Å². The summed E-state index contributed by atoms with van der Waals surface area (Å²) in [6.45, 7) is 4.24. The maximum Gasteiger partial charge on any atom is 0.416 e. The van der Waals surface area contributed by atoms with Crippen LogP contribution in [0.5, 0.6) is 0 Å². The Bertz CT molecular complexity index is 824. The molecule has 0 bridgehead atoms. The Morgan fingerprint density at radius 3 is 2.57 bits per heavy atom. The molecule has 168 valence electrons. The van der Waals surface area contributed by atoms with Crippen LogP contribution in [0, 0.1) is 0 Å². The lowest BCUT2D eigenvalue weighted by Gasteiger charge is -2.22. The highest BCUT2D eigenvalue weighted by Gasteiger charge is 2.31. The Morgan fingerprint density at radius 1 is 1.23 bits per heavy atom. The van der Waals surface area contributed by atoms with Crippen LogP contribution in [0.1, 0.15) is 48.3 Å². The Kier molecular flexibility index (Phi) is 9.86. The average Bonchev–Trinajstić information content (AvgIpc) is 3.17. The van der Waals surface area contributed by atoms with Crippen molar-refractivity contribution in [3.05, 3.63) is 35.7 Å². The third-order valence-electron chi connectivity index (χ3n) is 4.59. The molecular formula is C18H25Cl2F3N6O. The van der Waals surface area contributed by atoms with E-state index >= 15 is 0 Å². The number of hydrogen-bond acceptors (Lipinski definition) is 5. The molecule has 1 amide bonds. The number of anilines is 2. The number of rotatable bonds is 6. The Labute approximate surface area is 185 Å². The number of piperidine rings is 1. The summed E-state index contributed by atoms with van der Waals surface area (Å²) in [6.07, 6.45) is -0.412. The molecular weight excluding hydrogens is 444 g/mol. The summed E-state index contributed by atoms with van der Waals surface area (Å²) in [5.74, 6) is -0.598. The van der Waals surface area contributed by atoms with Gasteiger partial charge in [-0.15, -0.1) is 29.9 Å². The number of benzene rings is 1. The Balaban J connectivity index is 0.00000225. The number of alkyl halides is 3. The van der Waals surface area contributed by atoms with Gasteiger partial charge in [-0.3, -0.25) is 4.79 Å². The smallest absolute Gasteiger partial charge is 0.383 e.